The first-order valence-corrected chi connectivity index (χ1v) is 6.21. The molecule has 1 rings (SSSR count). The van der Waals surface area contributed by atoms with Gasteiger partial charge < -0.3 is 10.5 Å². The summed E-state index contributed by atoms with van der Waals surface area (Å²) in [4.78, 5) is 11.6. The van der Waals surface area contributed by atoms with E-state index in [1.807, 2.05) is 6.92 Å². The summed E-state index contributed by atoms with van der Waals surface area (Å²) in [6.45, 7) is 7.10. The molecule has 0 aliphatic heterocycles. The number of nitrogens with two attached hydrogens (primary N) is 1. The number of carbonyl (C=O) groups is 1. The Morgan fingerprint density at radius 3 is 2.63 bits per heavy atom. The van der Waals surface area contributed by atoms with Crippen LogP contribution in [0.15, 0.2) is 18.2 Å². The molecular formula is C14H21FN2O2. The zero-order valence-electron chi connectivity index (χ0n) is 11.8. The van der Waals surface area contributed by atoms with Crippen LogP contribution in [-0.2, 0) is 11.2 Å². The van der Waals surface area contributed by atoms with Crippen LogP contribution in [0.25, 0.3) is 0 Å². The average Bonchev–Trinajstić information content (AvgIpc) is 2.19. The van der Waals surface area contributed by atoms with Gasteiger partial charge in [0.2, 0.25) is 0 Å². The molecule has 1 amide bonds. The predicted molar refractivity (Wildman–Crippen MR) is 73.6 cm³/mol. The van der Waals surface area contributed by atoms with E-state index in [2.05, 4.69) is 5.32 Å². The summed E-state index contributed by atoms with van der Waals surface area (Å²) < 4.78 is 18.7. The number of benzene rings is 1. The van der Waals surface area contributed by atoms with E-state index in [0.717, 1.165) is 5.56 Å². The van der Waals surface area contributed by atoms with Crippen molar-refractivity contribution in [2.75, 3.05) is 5.32 Å². The van der Waals surface area contributed by atoms with Gasteiger partial charge in [0, 0.05) is 6.04 Å². The van der Waals surface area contributed by atoms with Crippen LogP contribution in [0.1, 0.15) is 33.3 Å². The van der Waals surface area contributed by atoms with E-state index in [9.17, 15) is 9.18 Å². The first-order chi connectivity index (χ1) is 8.67. The number of hydrogen-bond donors (Lipinski definition) is 2. The first-order valence-electron chi connectivity index (χ1n) is 6.21. The molecule has 1 aromatic rings. The Kier molecular flexibility index (Phi) is 4.89. The van der Waals surface area contributed by atoms with E-state index in [4.69, 9.17) is 10.5 Å². The van der Waals surface area contributed by atoms with Crippen LogP contribution in [0.3, 0.4) is 0 Å². The molecule has 0 aromatic heterocycles. The lowest BCUT2D eigenvalue weighted by atomic mass is 10.1. The van der Waals surface area contributed by atoms with Gasteiger partial charge in [0.15, 0.2) is 0 Å². The number of carbonyl (C=O) groups excluding carboxylic acids is 1. The molecule has 1 unspecified atom stereocenters. The highest BCUT2D eigenvalue weighted by molar-refractivity contribution is 5.85. The largest absolute Gasteiger partial charge is 0.444 e. The molecule has 106 valence electrons. The van der Waals surface area contributed by atoms with Crippen LogP contribution < -0.4 is 11.1 Å². The summed E-state index contributed by atoms with van der Waals surface area (Å²) in [5, 5.41) is 2.40. The molecule has 0 bridgehead atoms. The van der Waals surface area contributed by atoms with E-state index < -0.39 is 17.5 Å². The van der Waals surface area contributed by atoms with Gasteiger partial charge in [-0.05, 0) is 51.8 Å². The normalized spacial score (nSPS) is 12.9. The van der Waals surface area contributed by atoms with Crippen molar-refractivity contribution in [3.05, 3.63) is 29.6 Å². The molecule has 0 fully saturated rings. The minimum Gasteiger partial charge on any atom is -0.444 e. The van der Waals surface area contributed by atoms with Crippen molar-refractivity contribution in [1.82, 2.24) is 0 Å². The van der Waals surface area contributed by atoms with Gasteiger partial charge in [0.05, 0.1) is 5.69 Å². The summed E-state index contributed by atoms with van der Waals surface area (Å²) in [5.74, 6) is -0.501. The lowest BCUT2D eigenvalue weighted by Gasteiger charge is -2.20. The molecule has 0 saturated carbocycles. The van der Waals surface area contributed by atoms with E-state index >= 15 is 0 Å². The fraction of sp³-hybridized carbons (Fsp3) is 0.500. The fourth-order valence-electron chi connectivity index (χ4n) is 1.58. The Morgan fingerprint density at radius 2 is 2.11 bits per heavy atom. The zero-order chi connectivity index (χ0) is 14.6. The van der Waals surface area contributed by atoms with Crippen molar-refractivity contribution in [3.63, 3.8) is 0 Å². The smallest absolute Gasteiger partial charge is 0.412 e. The SMILES string of the molecule is CC(N)Cc1ccc(F)c(NC(=O)OC(C)(C)C)c1. The summed E-state index contributed by atoms with van der Waals surface area (Å²) >= 11 is 0. The molecule has 0 radical (unpaired) electrons. The highest BCUT2D eigenvalue weighted by atomic mass is 19.1. The highest BCUT2D eigenvalue weighted by Crippen LogP contribution is 2.18. The molecule has 0 heterocycles. The Balaban J connectivity index is 2.79. The summed E-state index contributed by atoms with van der Waals surface area (Å²) in [6, 6.07) is 4.51. The second-order valence-electron chi connectivity index (χ2n) is 5.62. The van der Waals surface area contributed by atoms with Gasteiger partial charge in [-0.25, -0.2) is 9.18 Å². The third-order valence-electron chi connectivity index (χ3n) is 2.22. The number of hydrogen-bond acceptors (Lipinski definition) is 3. The maximum Gasteiger partial charge on any atom is 0.412 e. The molecular weight excluding hydrogens is 247 g/mol. The molecule has 1 atom stereocenters. The molecule has 19 heavy (non-hydrogen) atoms. The maximum atomic E-state index is 13.6. The fourth-order valence-corrected chi connectivity index (χ4v) is 1.58. The van der Waals surface area contributed by atoms with Crippen molar-refractivity contribution in [1.29, 1.82) is 0 Å². The van der Waals surface area contributed by atoms with Crippen molar-refractivity contribution >= 4 is 11.8 Å². The van der Waals surface area contributed by atoms with Gasteiger partial charge in [-0.2, -0.15) is 0 Å². The van der Waals surface area contributed by atoms with Crippen LogP contribution in [-0.4, -0.2) is 17.7 Å². The molecule has 1 aromatic carbocycles. The minimum absolute atomic E-state index is 0.0279. The van der Waals surface area contributed by atoms with E-state index in [1.165, 1.54) is 6.07 Å². The first kappa shape index (κ1) is 15.4. The van der Waals surface area contributed by atoms with Gasteiger partial charge >= 0.3 is 6.09 Å². The third kappa shape index (κ3) is 5.70. The lowest BCUT2D eigenvalue weighted by molar-refractivity contribution is 0.0635. The van der Waals surface area contributed by atoms with E-state index in [-0.39, 0.29) is 11.7 Å². The van der Waals surface area contributed by atoms with Crippen molar-refractivity contribution in [3.8, 4) is 0 Å². The van der Waals surface area contributed by atoms with Gasteiger partial charge in [-0.15, -0.1) is 0 Å². The quantitative estimate of drug-likeness (QED) is 0.885. The number of halogens is 1. The molecule has 0 spiro atoms. The standard InChI is InChI=1S/C14H21FN2O2/c1-9(16)7-10-5-6-11(15)12(8-10)17-13(18)19-14(2,3)4/h5-6,8-9H,7,16H2,1-4H3,(H,17,18). The average molecular weight is 268 g/mol. The van der Waals surface area contributed by atoms with E-state index in [1.54, 1.807) is 32.9 Å². The topological polar surface area (TPSA) is 64.3 Å². The van der Waals surface area contributed by atoms with Crippen LogP contribution >= 0.6 is 0 Å². The number of amides is 1. The summed E-state index contributed by atoms with van der Waals surface area (Å²) in [7, 11) is 0. The molecule has 5 heteroatoms. The lowest BCUT2D eigenvalue weighted by Crippen LogP contribution is -2.27. The summed E-state index contributed by atoms with van der Waals surface area (Å²) in [5.41, 5.74) is 6.04. The van der Waals surface area contributed by atoms with Crippen molar-refractivity contribution in [2.24, 2.45) is 5.73 Å². The summed E-state index contributed by atoms with van der Waals surface area (Å²) in [6.07, 6.45) is -0.0622. The van der Waals surface area contributed by atoms with Crippen LogP contribution in [0.4, 0.5) is 14.9 Å². The number of anilines is 1. The Labute approximate surface area is 113 Å². The third-order valence-corrected chi connectivity index (χ3v) is 2.22. The maximum absolute atomic E-state index is 13.6. The van der Waals surface area contributed by atoms with Crippen LogP contribution in [0.5, 0.6) is 0 Å². The molecule has 0 aliphatic carbocycles. The Morgan fingerprint density at radius 1 is 1.47 bits per heavy atom. The Bertz CT molecular complexity index is 453. The minimum atomic E-state index is -0.677. The van der Waals surface area contributed by atoms with Crippen molar-refractivity contribution in [2.45, 2.75) is 45.8 Å². The van der Waals surface area contributed by atoms with Gasteiger partial charge in [-0.3, -0.25) is 5.32 Å². The molecule has 4 nitrogen and oxygen atoms in total. The van der Waals surface area contributed by atoms with Crippen molar-refractivity contribution < 1.29 is 13.9 Å². The van der Waals surface area contributed by atoms with Crippen LogP contribution in [0, 0.1) is 5.82 Å². The van der Waals surface area contributed by atoms with Crippen LogP contribution in [0.2, 0.25) is 0 Å². The second-order valence-corrected chi connectivity index (χ2v) is 5.62. The van der Waals surface area contributed by atoms with Gasteiger partial charge in [0.1, 0.15) is 11.4 Å². The Hall–Kier alpha value is -1.62. The molecule has 0 aliphatic rings. The van der Waals surface area contributed by atoms with E-state index in [0.29, 0.717) is 6.42 Å². The van der Waals surface area contributed by atoms with Gasteiger partial charge in [-0.1, -0.05) is 6.07 Å². The highest BCUT2D eigenvalue weighted by Gasteiger charge is 2.17. The number of rotatable bonds is 3. The zero-order valence-corrected chi connectivity index (χ0v) is 11.8. The molecule has 3 N–H and O–H groups in total. The number of ether oxygens (including phenoxy) is 1. The predicted octanol–water partition coefficient (Wildman–Crippen LogP) is 3.06. The monoisotopic (exact) mass is 268 g/mol. The van der Waals surface area contributed by atoms with Gasteiger partial charge in [0.25, 0.3) is 0 Å². The second kappa shape index (κ2) is 6.02. The molecule has 0 saturated heterocycles. The number of nitrogens with one attached hydrogen (secondary N) is 1.